The van der Waals surface area contributed by atoms with E-state index in [0.29, 0.717) is 0 Å². The molecule has 0 saturated heterocycles. The van der Waals surface area contributed by atoms with Gasteiger partial charge in [-0.3, -0.25) is 0 Å². The summed E-state index contributed by atoms with van der Waals surface area (Å²) in [5.41, 5.74) is 1.31. The predicted octanol–water partition coefficient (Wildman–Crippen LogP) is 1.97. The van der Waals surface area contributed by atoms with Crippen LogP contribution in [0.15, 0.2) is 28.3 Å². The monoisotopic (exact) mass is 206 g/mol. The Kier molecular flexibility index (Phi) is 1.89. The minimum absolute atomic E-state index is 0.161. The first kappa shape index (κ1) is 8.20. The minimum Gasteiger partial charge on any atom is -0.467 e. The molecule has 0 fully saturated rings. The number of fused-ring (bicyclic) bond motifs is 1. The van der Waals surface area contributed by atoms with E-state index in [1.54, 1.807) is 17.6 Å². The highest BCUT2D eigenvalue weighted by Crippen LogP contribution is 2.30. The molecule has 2 aromatic heterocycles. The van der Waals surface area contributed by atoms with Crippen LogP contribution in [-0.4, -0.2) is 11.5 Å². The first-order valence-corrected chi connectivity index (χ1v) is 5.52. The molecule has 1 atom stereocenters. The molecule has 1 aliphatic heterocycles. The molecule has 1 aliphatic rings. The van der Waals surface area contributed by atoms with E-state index in [4.69, 9.17) is 4.42 Å². The molecule has 0 aliphatic carbocycles. The van der Waals surface area contributed by atoms with Gasteiger partial charge in [-0.1, -0.05) is 0 Å². The topological polar surface area (TPSA) is 38.1 Å². The number of thiazole rings is 1. The molecule has 4 heteroatoms. The highest BCUT2D eigenvalue weighted by molar-refractivity contribution is 7.09. The van der Waals surface area contributed by atoms with Crippen molar-refractivity contribution in [2.75, 3.05) is 6.54 Å². The zero-order valence-electron chi connectivity index (χ0n) is 7.56. The third-order valence-corrected chi connectivity index (χ3v) is 3.32. The van der Waals surface area contributed by atoms with E-state index in [2.05, 4.69) is 16.4 Å². The van der Waals surface area contributed by atoms with Gasteiger partial charge in [-0.05, 0) is 18.1 Å². The van der Waals surface area contributed by atoms with Gasteiger partial charge in [-0.2, -0.15) is 0 Å². The average molecular weight is 206 g/mol. The van der Waals surface area contributed by atoms with E-state index in [9.17, 15) is 0 Å². The van der Waals surface area contributed by atoms with Crippen molar-refractivity contribution in [3.05, 3.63) is 40.2 Å². The fourth-order valence-corrected chi connectivity index (χ4v) is 2.54. The van der Waals surface area contributed by atoms with Crippen LogP contribution in [0.2, 0.25) is 0 Å². The number of nitrogens with zero attached hydrogens (tertiary/aromatic N) is 1. The summed E-state index contributed by atoms with van der Waals surface area (Å²) in [5.74, 6) is 1.03. The molecule has 72 valence electrons. The van der Waals surface area contributed by atoms with Crippen LogP contribution < -0.4 is 5.32 Å². The SMILES string of the molecule is c1csc(C2NCCc3ccoc32)n1. The molecule has 0 saturated carbocycles. The number of nitrogens with one attached hydrogen (secondary N) is 1. The van der Waals surface area contributed by atoms with Crippen LogP contribution in [0, 0.1) is 0 Å². The van der Waals surface area contributed by atoms with Gasteiger partial charge in [-0.15, -0.1) is 11.3 Å². The van der Waals surface area contributed by atoms with Crippen molar-refractivity contribution in [3.8, 4) is 0 Å². The van der Waals surface area contributed by atoms with Crippen LogP contribution in [-0.2, 0) is 6.42 Å². The van der Waals surface area contributed by atoms with Gasteiger partial charge in [-0.25, -0.2) is 4.98 Å². The van der Waals surface area contributed by atoms with Crippen LogP contribution >= 0.6 is 11.3 Å². The van der Waals surface area contributed by atoms with Gasteiger partial charge < -0.3 is 9.73 Å². The highest BCUT2D eigenvalue weighted by atomic mass is 32.1. The Labute approximate surface area is 85.8 Å². The molecule has 3 rings (SSSR count). The Morgan fingerprint density at radius 2 is 2.57 bits per heavy atom. The number of rotatable bonds is 1. The van der Waals surface area contributed by atoms with Crippen LogP contribution in [0.5, 0.6) is 0 Å². The lowest BCUT2D eigenvalue weighted by atomic mass is 10.0. The third kappa shape index (κ3) is 1.19. The smallest absolute Gasteiger partial charge is 0.130 e. The lowest BCUT2D eigenvalue weighted by molar-refractivity contribution is 0.424. The maximum Gasteiger partial charge on any atom is 0.130 e. The van der Waals surface area contributed by atoms with E-state index in [-0.39, 0.29) is 6.04 Å². The summed E-state index contributed by atoms with van der Waals surface area (Å²) in [6.45, 7) is 0.997. The number of hydrogen-bond donors (Lipinski definition) is 1. The van der Waals surface area contributed by atoms with Gasteiger partial charge in [0.2, 0.25) is 0 Å². The number of hydrogen-bond acceptors (Lipinski definition) is 4. The zero-order chi connectivity index (χ0) is 9.38. The lowest BCUT2D eigenvalue weighted by Crippen LogP contribution is -2.29. The third-order valence-electron chi connectivity index (χ3n) is 2.48. The molecular formula is C10H10N2OS. The van der Waals surface area contributed by atoms with Crippen molar-refractivity contribution in [1.82, 2.24) is 10.3 Å². The summed E-state index contributed by atoms with van der Waals surface area (Å²) >= 11 is 1.66. The van der Waals surface area contributed by atoms with Crippen LogP contribution in [0.3, 0.4) is 0 Å². The van der Waals surface area contributed by atoms with Crippen molar-refractivity contribution in [2.24, 2.45) is 0 Å². The van der Waals surface area contributed by atoms with E-state index >= 15 is 0 Å². The van der Waals surface area contributed by atoms with Crippen LogP contribution in [0.1, 0.15) is 22.4 Å². The Hall–Kier alpha value is -1.13. The second-order valence-electron chi connectivity index (χ2n) is 3.32. The number of furan rings is 1. The van der Waals surface area contributed by atoms with Gasteiger partial charge in [0.25, 0.3) is 0 Å². The van der Waals surface area contributed by atoms with Crippen molar-refractivity contribution < 1.29 is 4.42 Å². The molecule has 0 radical (unpaired) electrons. The predicted molar refractivity (Wildman–Crippen MR) is 54.4 cm³/mol. The molecule has 3 nitrogen and oxygen atoms in total. The summed E-state index contributed by atoms with van der Waals surface area (Å²) in [7, 11) is 0. The molecular weight excluding hydrogens is 196 g/mol. The maximum absolute atomic E-state index is 5.50. The fraction of sp³-hybridized carbons (Fsp3) is 0.300. The van der Waals surface area contributed by atoms with E-state index in [1.807, 2.05) is 11.6 Å². The average Bonchev–Trinajstić information content (AvgIpc) is 2.88. The van der Waals surface area contributed by atoms with Gasteiger partial charge in [0.05, 0.1) is 6.26 Å². The molecule has 2 aromatic rings. The van der Waals surface area contributed by atoms with E-state index < -0.39 is 0 Å². The molecule has 0 aromatic carbocycles. The zero-order valence-corrected chi connectivity index (χ0v) is 8.38. The summed E-state index contributed by atoms with van der Waals surface area (Å²) < 4.78 is 5.50. The Bertz CT molecular complexity index is 421. The largest absolute Gasteiger partial charge is 0.467 e. The second-order valence-corrected chi connectivity index (χ2v) is 4.24. The fourth-order valence-electron chi connectivity index (χ4n) is 1.83. The summed E-state index contributed by atoms with van der Waals surface area (Å²) in [6.07, 6.45) is 4.64. The Balaban J connectivity index is 2.04. The van der Waals surface area contributed by atoms with E-state index in [1.165, 1.54) is 5.56 Å². The first-order valence-electron chi connectivity index (χ1n) is 4.64. The Morgan fingerprint density at radius 3 is 3.43 bits per heavy atom. The molecule has 0 amide bonds. The first-order chi connectivity index (χ1) is 6.95. The second kappa shape index (κ2) is 3.22. The van der Waals surface area contributed by atoms with Crippen molar-refractivity contribution in [3.63, 3.8) is 0 Å². The quantitative estimate of drug-likeness (QED) is 0.775. The minimum atomic E-state index is 0.161. The standard InChI is InChI=1S/C10H10N2OS/c1-3-11-8(10-12-4-6-14-10)9-7(1)2-5-13-9/h2,4-6,8,11H,1,3H2. The van der Waals surface area contributed by atoms with E-state index in [0.717, 1.165) is 23.7 Å². The molecule has 14 heavy (non-hydrogen) atoms. The normalized spacial score (nSPS) is 20.7. The van der Waals surface area contributed by atoms with Gasteiger partial charge in [0, 0.05) is 18.1 Å². The lowest BCUT2D eigenvalue weighted by Gasteiger charge is -2.20. The molecule has 3 heterocycles. The summed E-state index contributed by atoms with van der Waals surface area (Å²) in [4.78, 5) is 4.31. The summed E-state index contributed by atoms with van der Waals surface area (Å²) in [5, 5.41) is 6.50. The summed E-state index contributed by atoms with van der Waals surface area (Å²) in [6, 6.07) is 2.21. The maximum atomic E-state index is 5.50. The van der Waals surface area contributed by atoms with Crippen LogP contribution in [0.4, 0.5) is 0 Å². The van der Waals surface area contributed by atoms with Crippen LogP contribution in [0.25, 0.3) is 0 Å². The molecule has 0 bridgehead atoms. The van der Waals surface area contributed by atoms with Gasteiger partial charge >= 0.3 is 0 Å². The highest BCUT2D eigenvalue weighted by Gasteiger charge is 2.25. The van der Waals surface area contributed by atoms with Gasteiger partial charge in [0.15, 0.2) is 0 Å². The molecule has 1 unspecified atom stereocenters. The van der Waals surface area contributed by atoms with Gasteiger partial charge in [0.1, 0.15) is 16.8 Å². The van der Waals surface area contributed by atoms with Crippen molar-refractivity contribution >= 4 is 11.3 Å². The molecule has 1 N–H and O–H groups in total. The molecule has 0 spiro atoms. The van der Waals surface area contributed by atoms with Crippen molar-refractivity contribution in [2.45, 2.75) is 12.5 Å². The van der Waals surface area contributed by atoms with Crippen molar-refractivity contribution in [1.29, 1.82) is 0 Å². The Morgan fingerprint density at radius 1 is 1.57 bits per heavy atom. The number of aromatic nitrogens is 1.